The van der Waals surface area contributed by atoms with E-state index < -0.39 is 10.0 Å². The quantitative estimate of drug-likeness (QED) is 0.745. The average Bonchev–Trinajstić information content (AvgIpc) is 2.47. The summed E-state index contributed by atoms with van der Waals surface area (Å²) in [5.74, 6) is 0. The molecule has 1 aliphatic rings. The fourth-order valence-corrected chi connectivity index (χ4v) is 3.39. The van der Waals surface area contributed by atoms with Crippen molar-refractivity contribution in [2.45, 2.75) is 37.1 Å². The van der Waals surface area contributed by atoms with Crippen LogP contribution in [-0.4, -0.2) is 34.1 Å². The molecular formula is C14H23N3O2S. The molecular weight excluding hydrogens is 274 g/mol. The molecule has 0 bridgehead atoms. The minimum Gasteiger partial charge on any atom is -0.381 e. The van der Waals surface area contributed by atoms with Crippen molar-refractivity contribution in [2.24, 2.45) is 0 Å². The number of benzene rings is 1. The van der Waals surface area contributed by atoms with Gasteiger partial charge in [0.15, 0.2) is 0 Å². The van der Waals surface area contributed by atoms with E-state index in [0.29, 0.717) is 17.5 Å². The van der Waals surface area contributed by atoms with Crippen molar-refractivity contribution in [3.63, 3.8) is 0 Å². The molecule has 0 saturated carbocycles. The van der Waals surface area contributed by atoms with Gasteiger partial charge in [0.25, 0.3) is 0 Å². The third kappa shape index (κ3) is 4.19. The van der Waals surface area contributed by atoms with Gasteiger partial charge in [-0.2, -0.15) is 0 Å². The highest BCUT2D eigenvalue weighted by molar-refractivity contribution is 7.89. The molecule has 1 unspecified atom stereocenters. The van der Waals surface area contributed by atoms with Crippen molar-refractivity contribution in [1.29, 1.82) is 0 Å². The third-order valence-corrected chi connectivity index (χ3v) is 4.85. The lowest BCUT2D eigenvalue weighted by atomic mass is 10.1. The van der Waals surface area contributed by atoms with Gasteiger partial charge in [0.1, 0.15) is 0 Å². The first kappa shape index (κ1) is 15.3. The lowest BCUT2D eigenvalue weighted by molar-refractivity contribution is 0.480. The maximum atomic E-state index is 12.0. The van der Waals surface area contributed by atoms with Crippen molar-refractivity contribution >= 4 is 15.7 Å². The molecule has 1 aromatic rings. The SMILES string of the molecule is CCCNS(=O)(=O)c1ccc(NC2CCCNC2)cc1. The van der Waals surface area contributed by atoms with E-state index in [0.717, 1.165) is 31.6 Å². The standard InChI is InChI=1S/C14H23N3O2S/c1-2-9-16-20(18,19)14-7-5-12(6-8-14)17-13-4-3-10-15-11-13/h5-8,13,15-17H,2-4,9-11H2,1H3. The zero-order chi connectivity index (χ0) is 14.4. The summed E-state index contributed by atoms with van der Waals surface area (Å²) >= 11 is 0. The molecule has 0 aliphatic carbocycles. The Morgan fingerprint density at radius 3 is 2.65 bits per heavy atom. The summed E-state index contributed by atoms with van der Waals surface area (Å²) in [6, 6.07) is 7.38. The van der Waals surface area contributed by atoms with Gasteiger partial charge in [0.2, 0.25) is 10.0 Å². The predicted molar refractivity (Wildman–Crippen MR) is 81.4 cm³/mol. The number of nitrogens with one attached hydrogen (secondary N) is 3. The lowest BCUT2D eigenvalue weighted by Crippen LogP contribution is -2.38. The van der Waals surface area contributed by atoms with Gasteiger partial charge in [-0.05, 0) is 50.1 Å². The number of anilines is 1. The van der Waals surface area contributed by atoms with E-state index in [1.54, 1.807) is 12.1 Å². The van der Waals surface area contributed by atoms with Crippen molar-refractivity contribution in [3.8, 4) is 0 Å². The van der Waals surface area contributed by atoms with Crippen LogP contribution in [0.2, 0.25) is 0 Å². The molecule has 1 aliphatic heterocycles. The van der Waals surface area contributed by atoms with E-state index in [9.17, 15) is 8.42 Å². The van der Waals surface area contributed by atoms with Gasteiger partial charge in [-0.15, -0.1) is 0 Å². The second-order valence-electron chi connectivity index (χ2n) is 5.11. The second kappa shape index (κ2) is 7.06. The van der Waals surface area contributed by atoms with Crippen molar-refractivity contribution < 1.29 is 8.42 Å². The van der Waals surface area contributed by atoms with E-state index >= 15 is 0 Å². The molecule has 0 amide bonds. The van der Waals surface area contributed by atoms with Crippen LogP contribution in [0, 0.1) is 0 Å². The fourth-order valence-electron chi connectivity index (χ4n) is 2.26. The third-order valence-electron chi connectivity index (χ3n) is 3.37. The normalized spacial score (nSPS) is 19.8. The molecule has 3 N–H and O–H groups in total. The smallest absolute Gasteiger partial charge is 0.240 e. The summed E-state index contributed by atoms with van der Waals surface area (Å²) in [6.45, 7) is 4.44. The molecule has 0 spiro atoms. The molecule has 0 aromatic heterocycles. The van der Waals surface area contributed by atoms with Crippen LogP contribution in [0.15, 0.2) is 29.2 Å². The Morgan fingerprint density at radius 1 is 1.30 bits per heavy atom. The average molecular weight is 297 g/mol. The zero-order valence-corrected chi connectivity index (χ0v) is 12.7. The van der Waals surface area contributed by atoms with Crippen molar-refractivity contribution in [3.05, 3.63) is 24.3 Å². The number of hydrogen-bond donors (Lipinski definition) is 3. The van der Waals surface area contributed by atoms with E-state index in [1.807, 2.05) is 19.1 Å². The zero-order valence-electron chi connectivity index (χ0n) is 11.9. The van der Waals surface area contributed by atoms with E-state index in [-0.39, 0.29) is 0 Å². The summed E-state index contributed by atoms with van der Waals surface area (Å²) < 4.78 is 26.5. The van der Waals surface area contributed by atoms with Gasteiger partial charge in [0, 0.05) is 24.8 Å². The number of piperidine rings is 1. The molecule has 112 valence electrons. The minimum absolute atomic E-state index is 0.318. The summed E-state index contributed by atoms with van der Waals surface area (Å²) in [4.78, 5) is 0.318. The lowest BCUT2D eigenvalue weighted by Gasteiger charge is -2.24. The summed E-state index contributed by atoms with van der Waals surface area (Å²) in [6.07, 6.45) is 3.10. The largest absolute Gasteiger partial charge is 0.381 e. The van der Waals surface area contributed by atoms with Gasteiger partial charge >= 0.3 is 0 Å². The first-order valence-corrected chi connectivity index (χ1v) is 8.67. The number of hydrogen-bond acceptors (Lipinski definition) is 4. The minimum atomic E-state index is -3.36. The molecule has 1 atom stereocenters. The van der Waals surface area contributed by atoms with Crippen LogP contribution in [-0.2, 0) is 10.0 Å². The van der Waals surface area contributed by atoms with Crippen LogP contribution in [0.1, 0.15) is 26.2 Å². The van der Waals surface area contributed by atoms with Gasteiger partial charge < -0.3 is 10.6 Å². The molecule has 1 fully saturated rings. The van der Waals surface area contributed by atoms with Crippen LogP contribution in [0.3, 0.4) is 0 Å². The van der Waals surface area contributed by atoms with Crippen molar-refractivity contribution in [1.82, 2.24) is 10.0 Å². The monoisotopic (exact) mass is 297 g/mol. The Morgan fingerprint density at radius 2 is 2.05 bits per heavy atom. The summed E-state index contributed by atoms with van der Waals surface area (Å²) in [7, 11) is -3.36. The fraction of sp³-hybridized carbons (Fsp3) is 0.571. The van der Waals surface area contributed by atoms with Crippen LogP contribution in [0.25, 0.3) is 0 Å². The van der Waals surface area contributed by atoms with Crippen molar-refractivity contribution in [2.75, 3.05) is 25.0 Å². The molecule has 6 heteroatoms. The van der Waals surface area contributed by atoms with Gasteiger partial charge in [-0.1, -0.05) is 6.92 Å². The van der Waals surface area contributed by atoms with Crippen LogP contribution >= 0.6 is 0 Å². The molecule has 1 saturated heterocycles. The molecule has 1 heterocycles. The van der Waals surface area contributed by atoms with E-state index in [2.05, 4.69) is 15.4 Å². The molecule has 5 nitrogen and oxygen atoms in total. The number of rotatable bonds is 6. The Bertz CT molecular complexity index is 508. The maximum absolute atomic E-state index is 12.0. The topological polar surface area (TPSA) is 70.2 Å². The Hall–Kier alpha value is -1.11. The maximum Gasteiger partial charge on any atom is 0.240 e. The second-order valence-corrected chi connectivity index (χ2v) is 6.88. The summed E-state index contributed by atoms with van der Waals surface area (Å²) in [5, 5.41) is 6.77. The Labute approximate surface area is 121 Å². The number of sulfonamides is 1. The van der Waals surface area contributed by atoms with E-state index in [4.69, 9.17) is 0 Å². The Kier molecular flexibility index (Phi) is 5.39. The molecule has 2 rings (SSSR count). The van der Waals surface area contributed by atoms with Gasteiger partial charge in [-0.25, -0.2) is 13.1 Å². The highest BCUT2D eigenvalue weighted by Gasteiger charge is 2.14. The molecule has 1 aromatic carbocycles. The molecule has 20 heavy (non-hydrogen) atoms. The first-order valence-electron chi connectivity index (χ1n) is 7.19. The highest BCUT2D eigenvalue weighted by Crippen LogP contribution is 2.16. The van der Waals surface area contributed by atoms with Crippen LogP contribution in [0.4, 0.5) is 5.69 Å². The van der Waals surface area contributed by atoms with Crippen LogP contribution < -0.4 is 15.4 Å². The highest BCUT2D eigenvalue weighted by atomic mass is 32.2. The van der Waals surface area contributed by atoms with Gasteiger partial charge in [0.05, 0.1) is 4.90 Å². The first-order chi connectivity index (χ1) is 9.62. The van der Waals surface area contributed by atoms with Crippen LogP contribution in [0.5, 0.6) is 0 Å². The predicted octanol–water partition coefficient (Wildman–Crippen LogP) is 1.54. The van der Waals surface area contributed by atoms with Gasteiger partial charge in [-0.3, -0.25) is 0 Å². The van der Waals surface area contributed by atoms with E-state index in [1.165, 1.54) is 6.42 Å². The molecule has 0 radical (unpaired) electrons. The summed E-state index contributed by atoms with van der Waals surface area (Å²) in [5.41, 5.74) is 0.966. The Balaban J connectivity index is 1.98.